The standard InChI is InChI=1S/C16H22BNO6/c1-10-14(19)12(8-11-6-4-3-5-7-11)15(20)22-9-13(16(21)23-10)17(2)24-18/h3-7,10,12-14,19H,8-9,18H2,1-2H3/t10-,12+,13?,14?/m0/s1. The van der Waals surface area contributed by atoms with E-state index in [9.17, 15) is 14.7 Å². The van der Waals surface area contributed by atoms with Crippen LogP contribution in [0.15, 0.2) is 30.3 Å². The summed E-state index contributed by atoms with van der Waals surface area (Å²) in [7, 11) is 0. The van der Waals surface area contributed by atoms with Gasteiger partial charge in [-0.3, -0.25) is 9.59 Å². The molecule has 3 N–H and O–H groups in total. The zero-order valence-electron chi connectivity index (χ0n) is 13.8. The van der Waals surface area contributed by atoms with E-state index < -0.39 is 42.8 Å². The van der Waals surface area contributed by atoms with Crippen molar-refractivity contribution in [3.8, 4) is 0 Å². The van der Waals surface area contributed by atoms with Gasteiger partial charge in [0, 0.05) is 0 Å². The summed E-state index contributed by atoms with van der Waals surface area (Å²) in [4.78, 5) is 24.6. The van der Waals surface area contributed by atoms with E-state index in [0.717, 1.165) is 5.56 Å². The molecule has 1 heterocycles. The SMILES string of the molecule is CB(ON)C1COC(=O)[C@H](Cc2ccccc2)C(O)[C@H](C)OC1=O. The molecule has 1 aromatic carbocycles. The van der Waals surface area contributed by atoms with Crippen LogP contribution in [0.3, 0.4) is 0 Å². The molecule has 1 aromatic rings. The fourth-order valence-corrected chi connectivity index (χ4v) is 2.65. The molecule has 4 atom stereocenters. The maximum atomic E-state index is 12.4. The van der Waals surface area contributed by atoms with Crippen LogP contribution >= 0.6 is 0 Å². The highest BCUT2D eigenvalue weighted by Gasteiger charge is 2.40. The third-order valence-corrected chi connectivity index (χ3v) is 4.29. The van der Waals surface area contributed by atoms with Crippen molar-refractivity contribution in [2.24, 2.45) is 11.8 Å². The lowest BCUT2D eigenvalue weighted by Gasteiger charge is -2.25. The number of nitrogens with two attached hydrogens (primary N) is 1. The van der Waals surface area contributed by atoms with Gasteiger partial charge in [0.2, 0.25) is 0 Å². The second-order valence-electron chi connectivity index (χ2n) is 6.01. The second kappa shape index (κ2) is 8.28. The zero-order chi connectivity index (χ0) is 17.7. The molecule has 0 radical (unpaired) electrons. The quantitative estimate of drug-likeness (QED) is 0.471. The fourth-order valence-electron chi connectivity index (χ4n) is 2.65. The Morgan fingerprint density at radius 3 is 2.58 bits per heavy atom. The van der Waals surface area contributed by atoms with Crippen LogP contribution in [0.4, 0.5) is 0 Å². The Kier molecular flexibility index (Phi) is 6.36. The van der Waals surface area contributed by atoms with E-state index >= 15 is 0 Å². The number of hydrogen-bond donors (Lipinski definition) is 2. The average molecular weight is 335 g/mol. The van der Waals surface area contributed by atoms with Gasteiger partial charge in [-0.15, -0.1) is 0 Å². The summed E-state index contributed by atoms with van der Waals surface area (Å²) in [5, 5.41) is 10.5. The van der Waals surface area contributed by atoms with Gasteiger partial charge in [-0.05, 0) is 18.9 Å². The van der Waals surface area contributed by atoms with Crippen molar-refractivity contribution in [3.05, 3.63) is 35.9 Å². The molecule has 1 saturated heterocycles. The molecular weight excluding hydrogens is 313 g/mol. The number of cyclic esters (lactones) is 2. The minimum absolute atomic E-state index is 0.208. The first-order chi connectivity index (χ1) is 11.4. The van der Waals surface area contributed by atoms with E-state index in [1.807, 2.05) is 30.3 Å². The highest BCUT2D eigenvalue weighted by Crippen LogP contribution is 2.24. The van der Waals surface area contributed by atoms with Crippen LogP contribution in [-0.2, 0) is 30.2 Å². The van der Waals surface area contributed by atoms with Gasteiger partial charge in [-0.2, -0.15) is 0 Å². The Morgan fingerprint density at radius 2 is 1.96 bits per heavy atom. The number of benzene rings is 1. The van der Waals surface area contributed by atoms with Crippen LogP contribution in [0.25, 0.3) is 0 Å². The molecule has 0 amide bonds. The van der Waals surface area contributed by atoms with Crippen LogP contribution in [0.1, 0.15) is 12.5 Å². The maximum absolute atomic E-state index is 12.4. The average Bonchev–Trinajstić information content (AvgIpc) is 2.61. The molecule has 0 bridgehead atoms. The van der Waals surface area contributed by atoms with Crippen LogP contribution in [-0.4, -0.2) is 42.8 Å². The number of rotatable bonds is 4. The molecule has 0 aromatic heterocycles. The predicted octanol–water partition coefficient (Wildman–Crippen LogP) is 0.576. The molecule has 1 fully saturated rings. The Labute approximate surface area is 141 Å². The topological polar surface area (TPSA) is 108 Å². The summed E-state index contributed by atoms with van der Waals surface area (Å²) in [5.74, 6) is 2.25. The summed E-state index contributed by atoms with van der Waals surface area (Å²) in [6, 6.07) is 9.28. The minimum Gasteiger partial charge on any atom is -0.465 e. The van der Waals surface area contributed by atoms with E-state index in [1.54, 1.807) is 13.7 Å². The summed E-state index contributed by atoms with van der Waals surface area (Å²) < 4.78 is 15.2. The van der Waals surface area contributed by atoms with Gasteiger partial charge in [-0.1, -0.05) is 37.2 Å². The van der Waals surface area contributed by atoms with Crippen molar-refractivity contribution in [2.45, 2.75) is 38.2 Å². The van der Waals surface area contributed by atoms with Crippen molar-refractivity contribution in [1.82, 2.24) is 0 Å². The first-order valence-corrected chi connectivity index (χ1v) is 7.88. The third kappa shape index (κ3) is 4.34. The molecule has 0 aliphatic carbocycles. The van der Waals surface area contributed by atoms with Gasteiger partial charge in [-0.25, -0.2) is 5.90 Å². The normalized spacial score (nSPS) is 28.2. The van der Waals surface area contributed by atoms with Crippen molar-refractivity contribution >= 4 is 18.9 Å². The first-order valence-electron chi connectivity index (χ1n) is 7.88. The Bertz CT molecular complexity index is 569. The van der Waals surface area contributed by atoms with Gasteiger partial charge in [0.25, 0.3) is 0 Å². The first kappa shape index (κ1) is 18.4. The number of aliphatic hydroxyl groups excluding tert-OH is 1. The Balaban J connectivity index is 2.21. The molecule has 0 saturated carbocycles. The lowest BCUT2D eigenvalue weighted by Crippen LogP contribution is -2.40. The monoisotopic (exact) mass is 335 g/mol. The van der Waals surface area contributed by atoms with Crippen LogP contribution < -0.4 is 5.90 Å². The molecule has 7 nitrogen and oxygen atoms in total. The Hall–Kier alpha value is -1.90. The van der Waals surface area contributed by atoms with E-state index in [4.69, 9.17) is 15.4 Å². The van der Waals surface area contributed by atoms with Crippen LogP contribution in [0.2, 0.25) is 12.6 Å². The second-order valence-corrected chi connectivity index (χ2v) is 6.01. The smallest absolute Gasteiger partial charge is 0.335 e. The number of esters is 2. The number of carbonyl (C=O) groups excluding carboxylic acids is 2. The summed E-state index contributed by atoms with van der Waals surface area (Å²) >= 11 is 0. The fraction of sp³-hybridized carbons (Fsp3) is 0.500. The molecule has 1 aliphatic rings. The third-order valence-electron chi connectivity index (χ3n) is 4.29. The number of hydrogen-bond acceptors (Lipinski definition) is 7. The van der Waals surface area contributed by atoms with E-state index in [0.29, 0.717) is 0 Å². The molecule has 2 rings (SSSR count). The van der Waals surface area contributed by atoms with E-state index in [2.05, 4.69) is 4.76 Å². The lowest BCUT2D eigenvalue weighted by molar-refractivity contribution is -0.158. The van der Waals surface area contributed by atoms with Crippen molar-refractivity contribution in [3.63, 3.8) is 0 Å². The van der Waals surface area contributed by atoms with Gasteiger partial charge >= 0.3 is 18.9 Å². The predicted molar refractivity (Wildman–Crippen MR) is 86.8 cm³/mol. The maximum Gasteiger partial charge on any atom is 0.335 e. The molecule has 2 unspecified atom stereocenters. The molecular formula is C16H22BNO6. The minimum atomic E-state index is -1.17. The van der Waals surface area contributed by atoms with Crippen LogP contribution in [0, 0.1) is 5.92 Å². The molecule has 130 valence electrons. The van der Waals surface area contributed by atoms with E-state index in [1.165, 1.54) is 0 Å². The number of aliphatic hydroxyl groups is 1. The summed E-state index contributed by atoms with van der Waals surface area (Å²) in [6.07, 6.45) is -1.74. The van der Waals surface area contributed by atoms with Gasteiger partial charge in [0.1, 0.15) is 18.8 Å². The number of ether oxygens (including phenoxy) is 2. The highest BCUT2D eigenvalue weighted by atomic mass is 16.6. The molecule has 1 aliphatic heterocycles. The van der Waals surface area contributed by atoms with Gasteiger partial charge in [0.05, 0.1) is 11.7 Å². The van der Waals surface area contributed by atoms with Crippen LogP contribution in [0.5, 0.6) is 0 Å². The van der Waals surface area contributed by atoms with Gasteiger partial charge in [0.15, 0.2) is 0 Å². The molecule has 0 spiro atoms. The van der Waals surface area contributed by atoms with Crippen molar-refractivity contribution in [1.29, 1.82) is 0 Å². The Morgan fingerprint density at radius 1 is 1.29 bits per heavy atom. The van der Waals surface area contributed by atoms with Crippen molar-refractivity contribution < 1.29 is 28.9 Å². The van der Waals surface area contributed by atoms with Crippen molar-refractivity contribution in [2.75, 3.05) is 6.61 Å². The van der Waals surface area contributed by atoms with Gasteiger partial charge < -0.3 is 19.3 Å². The zero-order valence-corrected chi connectivity index (χ0v) is 13.8. The molecule has 8 heteroatoms. The molecule has 24 heavy (non-hydrogen) atoms. The number of carbonyl (C=O) groups is 2. The largest absolute Gasteiger partial charge is 0.465 e. The van der Waals surface area contributed by atoms with E-state index in [-0.39, 0.29) is 13.0 Å². The summed E-state index contributed by atoms with van der Waals surface area (Å²) in [6.45, 7) is 2.24. The lowest BCUT2D eigenvalue weighted by atomic mass is 9.58. The summed E-state index contributed by atoms with van der Waals surface area (Å²) in [5.41, 5.74) is 0.881. The highest BCUT2D eigenvalue weighted by molar-refractivity contribution is 6.56.